The van der Waals surface area contributed by atoms with E-state index in [1.54, 1.807) is 0 Å². The fraction of sp³-hybridized carbons (Fsp3) is 0.571. The SMILES string of the molecule is CC1(C)OB(c2cc(CS(C)(=O)=O)ccc2F)OC1(C)C. The van der Waals surface area contributed by atoms with Crippen LogP contribution in [0, 0.1) is 5.82 Å². The monoisotopic (exact) mass is 314 g/mol. The van der Waals surface area contributed by atoms with E-state index in [1.807, 2.05) is 27.7 Å². The molecule has 0 spiro atoms. The second kappa shape index (κ2) is 5.07. The number of benzene rings is 1. The Labute approximate surface area is 125 Å². The van der Waals surface area contributed by atoms with Crippen LogP contribution in [-0.2, 0) is 24.9 Å². The van der Waals surface area contributed by atoms with Crippen molar-refractivity contribution in [3.63, 3.8) is 0 Å². The van der Waals surface area contributed by atoms with Crippen molar-refractivity contribution in [2.75, 3.05) is 6.26 Å². The van der Waals surface area contributed by atoms with E-state index >= 15 is 0 Å². The van der Waals surface area contributed by atoms with Gasteiger partial charge in [-0.05, 0) is 39.3 Å². The van der Waals surface area contributed by atoms with Crippen LogP contribution in [0.15, 0.2) is 18.2 Å². The molecule has 0 radical (unpaired) electrons. The van der Waals surface area contributed by atoms with Gasteiger partial charge in [-0.3, -0.25) is 0 Å². The second-order valence-corrected chi connectivity index (χ2v) is 8.65. The zero-order valence-corrected chi connectivity index (χ0v) is 13.8. The minimum absolute atomic E-state index is 0.139. The van der Waals surface area contributed by atoms with Crippen LogP contribution in [0.1, 0.15) is 33.3 Å². The first-order valence-corrected chi connectivity index (χ1v) is 8.79. The van der Waals surface area contributed by atoms with Gasteiger partial charge in [0.2, 0.25) is 0 Å². The average Bonchev–Trinajstić information content (AvgIpc) is 2.49. The summed E-state index contributed by atoms with van der Waals surface area (Å²) in [5.74, 6) is -0.606. The molecule has 116 valence electrons. The molecule has 1 heterocycles. The lowest BCUT2D eigenvalue weighted by Gasteiger charge is -2.32. The maximum atomic E-state index is 14.0. The van der Waals surface area contributed by atoms with Gasteiger partial charge in [0.15, 0.2) is 9.84 Å². The Morgan fingerprint density at radius 3 is 2.14 bits per heavy atom. The van der Waals surface area contributed by atoms with E-state index < -0.39 is 34.0 Å². The standard InChI is InChI=1S/C14H20BFO4S/c1-13(2)14(3,4)20-15(19-13)11-8-10(6-7-12(11)16)9-21(5,17)18/h6-8H,9H2,1-5H3. The summed E-state index contributed by atoms with van der Waals surface area (Å²) in [5.41, 5.74) is -0.396. The molecule has 0 aliphatic carbocycles. The third kappa shape index (κ3) is 3.47. The first-order chi connectivity index (χ1) is 9.41. The minimum atomic E-state index is -3.18. The van der Waals surface area contributed by atoms with Crippen molar-refractivity contribution in [1.82, 2.24) is 0 Å². The molecular weight excluding hydrogens is 294 g/mol. The molecule has 0 saturated carbocycles. The predicted octanol–water partition coefficient (Wildman–Crippen LogP) is 1.67. The van der Waals surface area contributed by atoms with E-state index in [9.17, 15) is 12.8 Å². The van der Waals surface area contributed by atoms with Crippen molar-refractivity contribution in [2.24, 2.45) is 0 Å². The van der Waals surface area contributed by atoms with Gasteiger partial charge in [-0.25, -0.2) is 12.8 Å². The lowest BCUT2D eigenvalue weighted by atomic mass is 9.78. The quantitative estimate of drug-likeness (QED) is 0.797. The van der Waals surface area contributed by atoms with E-state index in [4.69, 9.17) is 9.31 Å². The van der Waals surface area contributed by atoms with E-state index in [2.05, 4.69) is 0 Å². The number of rotatable bonds is 3. The van der Waals surface area contributed by atoms with Crippen molar-refractivity contribution in [2.45, 2.75) is 44.6 Å². The molecule has 7 heteroatoms. The third-order valence-corrected chi connectivity index (χ3v) is 4.85. The van der Waals surface area contributed by atoms with Crippen molar-refractivity contribution in [3.05, 3.63) is 29.6 Å². The molecule has 21 heavy (non-hydrogen) atoms. The molecule has 0 aromatic heterocycles. The lowest BCUT2D eigenvalue weighted by molar-refractivity contribution is 0.00578. The Morgan fingerprint density at radius 1 is 1.14 bits per heavy atom. The third-order valence-electron chi connectivity index (χ3n) is 4.00. The summed E-state index contributed by atoms with van der Waals surface area (Å²) < 4.78 is 48.4. The summed E-state index contributed by atoms with van der Waals surface area (Å²) in [6, 6.07) is 4.21. The summed E-state index contributed by atoms with van der Waals surface area (Å²) in [7, 11) is -4.02. The fourth-order valence-corrected chi connectivity index (χ4v) is 2.92. The molecule has 0 N–H and O–H groups in total. The molecule has 1 fully saturated rings. The van der Waals surface area contributed by atoms with Crippen LogP contribution in [0.3, 0.4) is 0 Å². The summed E-state index contributed by atoms with van der Waals surface area (Å²) in [4.78, 5) is 0. The van der Waals surface area contributed by atoms with Gasteiger partial charge in [-0.2, -0.15) is 0 Å². The molecule has 4 nitrogen and oxygen atoms in total. The highest BCUT2D eigenvalue weighted by Crippen LogP contribution is 2.36. The van der Waals surface area contributed by atoms with Crippen molar-refractivity contribution >= 4 is 22.4 Å². The molecule has 2 rings (SSSR count). The van der Waals surface area contributed by atoms with Crippen molar-refractivity contribution in [3.8, 4) is 0 Å². The predicted molar refractivity (Wildman–Crippen MR) is 80.7 cm³/mol. The Bertz CT molecular complexity index is 639. The normalized spacial score (nSPS) is 20.8. The van der Waals surface area contributed by atoms with Gasteiger partial charge in [-0.1, -0.05) is 12.1 Å². The zero-order chi connectivity index (χ0) is 16.1. The molecule has 0 atom stereocenters. The number of hydrogen-bond acceptors (Lipinski definition) is 4. The van der Waals surface area contributed by atoms with Gasteiger partial charge < -0.3 is 9.31 Å². The Kier molecular flexibility index (Phi) is 3.97. The smallest absolute Gasteiger partial charge is 0.399 e. The second-order valence-electron chi connectivity index (χ2n) is 6.51. The van der Waals surface area contributed by atoms with Crippen LogP contribution in [0.25, 0.3) is 0 Å². The highest BCUT2D eigenvalue weighted by atomic mass is 32.2. The Morgan fingerprint density at radius 2 is 1.67 bits per heavy atom. The van der Waals surface area contributed by atoms with Gasteiger partial charge in [0.1, 0.15) is 5.82 Å². The molecule has 0 amide bonds. The number of hydrogen-bond donors (Lipinski definition) is 0. The first kappa shape index (κ1) is 16.5. The summed E-state index contributed by atoms with van der Waals surface area (Å²) >= 11 is 0. The Hall–Kier alpha value is -0.915. The van der Waals surface area contributed by atoms with E-state index in [0.29, 0.717) is 5.56 Å². The van der Waals surface area contributed by atoms with E-state index in [0.717, 1.165) is 6.26 Å². The molecule has 1 aromatic carbocycles. The number of halogens is 1. The molecule has 1 aliphatic rings. The molecule has 0 unspecified atom stereocenters. The van der Waals surface area contributed by atoms with Gasteiger partial charge in [0, 0.05) is 11.7 Å². The molecular formula is C14H20BFO4S. The average molecular weight is 314 g/mol. The van der Waals surface area contributed by atoms with Crippen molar-refractivity contribution in [1.29, 1.82) is 0 Å². The summed E-state index contributed by atoms with van der Waals surface area (Å²) in [6.07, 6.45) is 1.14. The lowest BCUT2D eigenvalue weighted by Crippen LogP contribution is -2.41. The van der Waals surface area contributed by atoms with Crippen LogP contribution in [0.4, 0.5) is 4.39 Å². The molecule has 1 saturated heterocycles. The topological polar surface area (TPSA) is 52.6 Å². The van der Waals surface area contributed by atoms with Crippen LogP contribution >= 0.6 is 0 Å². The van der Waals surface area contributed by atoms with Gasteiger partial charge in [0.05, 0.1) is 17.0 Å². The molecule has 1 aliphatic heterocycles. The van der Waals surface area contributed by atoms with Crippen LogP contribution in [0.2, 0.25) is 0 Å². The molecule has 0 bridgehead atoms. The molecule has 1 aromatic rings. The Balaban J connectivity index is 2.35. The van der Waals surface area contributed by atoms with Crippen LogP contribution < -0.4 is 5.46 Å². The highest BCUT2D eigenvalue weighted by molar-refractivity contribution is 7.89. The van der Waals surface area contributed by atoms with Gasteiger partial charge in [0.25, 0.3) is 0 Å². The number of sulfone groups is 1. The van der Waals surface area contributed by atoms with Crippen molar-refractivity contribution < 1.29 is 22.1 Å². The summed E-state index contributed by atoms with van der Waals surface area (Å²) in [6.45, 7) is 7.52. The maximum absolute atomic E-state index is 14.0. The van der Waals surface area contributed by atoms with Crippen LogP contribution in [-0.4, -0.2) is 33.0 Å². The fourth-order valence-electron chi connectivity index (χ4n) is 2.14. The van der Waals surface area contributed by atoms with E-state index in [-0.39, 0.29) is 11.2 Å². The zero-order valence-electron chi connectivity index (χ0n) is 12.9. The maximum Gasteiger partial charge on any atom is 0.497 e. The van der Waals surface area contributed by atoms with Crippen LogP contribution in [0.5, 0.6) is 0 Å². The summed E-state index contributed by atoms with van der Waals surface area (Å²) in [5, 5.41) is 0. The van der Waals surface area contributed by atoms with E-state index in [1.165, 1.54) is 18.2 Å². The van der Waals surface area contributed by atoms with Gasteiger partial charge in [-0.15, -0.1) is 0 Å². The highest BCUT2D eigenvalue weighted by Gasteiger charge is 2.52. The first-order valence-electron chi connectivity index (χ1n) is 6.73. The van der Waals surface area contributed by atoms with Gasteiger partial charge >= 0.3 is 7.12 Å². The minimum Gasteiger partial charge on any atom is -0.399 e. The largest absolute Gasteiger partial charge is 0.497 e.